The van der Waals surface area contributed by atoms with E-state index in [0.29, 0.717) is 13.2 Å². The summed E-state index contributed by atoms with van der Waals surface area (Å²) in [6.07, 6.45) is -0.422. The number of hydrogen-bond acceptors (Lipinski definition) is 4. The van der Waals surface area contributed by atoms with Gasteiger partial charge in [-0.3, -0.25) is 0 Å². The SMILES string of the molecule is CC(O)COC(C)COS. The van der Waals surface area contributed by atoms with E-state index in [1.807, 2.05) is 6.92 Å². The molecule has 0 radical (unpaired) electrons. The molecule has 2 atom stereocenters. The van der Waals surface area contributed by atoms with E-state index in [2.05, 4.69) is 17.1 Å². The molecule has 0 rings (SSSR count). The molecule has 0 aromatic heterocycles. The molecule has 0 bridgehead atoms. The van der Waals surface area contributed by atoms with E-state index in [-0.39, 0.29) is 6.10 Å². The summed E-state index contributed by atoms with van der Waals surface area (Å²) in [5.74, 6) is 0. The number of ether oxygens (including phenoxy) is 1. The van der Waals surface area contributed by atoms with Crippen LogP contribution in [-0.4, -0.2) is 30.5 Å². The summed E-state index contributed by atoms with van der Waals surface area (Å²) in [6, 6.07) is 0. The predicted molar refractivity (Wildman–Crippen MR) is 42.0 cm³/mol. The highest BCUT2D eigenvalue weighted by Crippen LogP contribution is 1.94. The maximum Gasteiger partial charge on any atom is 0.0870 e. The Hall–Kier alpha value is 0.230. The van der Waals surface area contributed by atoms with Crippen LogP contribution in [0.15, 0.2) is 0 Å². The van der Waals surface area contributed by atoms with Crippen molar-refractivity contribution < 1.29 is 14.0 Å². The molecule has 62 valence electrons. The molecule has 0 heterocycles. The van der Waals surface area contributed by atoms with E-state index < -0.39 is 6.10 Å². The van der Waals surface area contributed by atoms with E-state index in [1.54, 1.807) is 6.92 Å². The molecule has 0 aliphatic carbocycles. The van der Waals surface area contributed by atoms with Gasteiger partial charge in [-0.15, -0.1) is 0 Å². The fourth-order valence-electron chi connectivity index (χ4n) is 0.457. The predicted octanol–water partition coefficient (Wildman–Crippen LogP) is 0.634. The molecule has 0 aliphatic heterocycles. The van der Waals surface area contributed by atoms with Gasteiger partial charge in [-0.1, -0.05) is 0 Å². The quantitative estimate of drug-likeness (QED) is 0.465. The minimum atomic E-state index is -0.414. The van der Waals surface area contributed by atoms with Gasteiger partial charge >= 0.3 is 0 Å². The first-order valence-corrected chi connectivity index (χ1v) is 3.59. The third-order valence-corrected chi connectivity index (χ3v) is 1.08. The Morgan fingerprint density at radius 2 is 2.00 bits per heavy atom. The van der Waals surface area contributed by atoms with Crippen LogP contribution in [0.2, 0.25) is 0 Å². The number of aliphatic hydroxyl groups excluding tert-OH is 1. The summed E-state index contributed by atoms with van der Waals surface area (Å²) in [6.45, 7) is 4.32. The zero-order valence-electron chi connectivity index (χ0n) is 6.28. The molecule has 0 saturated heterocycles. The summed E-state index contributed by atoms with van der Waals surface area (Å²) in [7, 11) is 0. The summed E-state index contributed by atoms with van der Waals surface area (Å²) in [5, 5.41) is 8.78. The number of thiol groups is 1. The van der Waals surface area contributed by atoms with Crippen molar-refractivity contribution >= 4 is 12.9 Å². The smallest absolute Gasteiger partial charge is 0.0870 e. The van der Waals surface area contributed by atoms with Crippen molar-refractivity contribution in [3.8, 4) is 0 Å². The van der Waals surface area contributed by atoms with Crippen molar-refractivity contribution in [1.82, 2.24) is 0 Å². The first kappa shape index (κ1) is 10.2. The molecule has 0 aromatic rings. The molecular formula is C6H14O3S. The number of hydrogen-bond donors (Lipinski definition) is 2. The zero-order chi connectivity index (χ0) is 7.98. The highest BCUT2D eigenvalue weighted by molar-refractivity contribution is 7.75. The average Bonchev–Trinajstić information content (AvgIpc) is 1.85. The van der Waals surface area contributed by atoms with Crippen molar-refractivity contribution in [2.75, 3.05) is 13.2 Å². The molecule has 10 heavy (non-hydrogen) atoms. The summed E-state index contributed by atoms with van der Waals surface area (Å²) in [5.41, 5.74) is 0. The van der Waals surface area contributed by atoms with Crippen LogP contribution in [0.25, 0.3) is 0 Å². The molecule has 0 spiro atoms. The van der Waals surface area contributed by atoms with Gasteiger partial charge in [-0.25, -0.2) is 0 Å². The minimum absolute atomic E-state index is 0.00731. The van der Waals surface area contributed by atoms with Gasteiger partial charge in [0.05, 0.1) is 25.4 Å². The van der Waals surface area contributed by atoms with Crippen LogP contribution in [0.4, 0.5) is 0 Å². The van der Waals surface area contributed by atoms with Gasteiger partial charge in [0.25, 0.3) is 0 Å². The molecule has 0 amide bonds. The van der Waals surface area contributed by atoms with Crippen molar-refractivity contribution in [3.05, 3.63) is 0 Å². The van der Waals surface area contributed by atoms with Crippen molar-refractivity contribution in [3.63, 3.8) is 0 Å². The Labute approximate surface area is 66.9 Å². The highest BCUT2D eigenvalue weighted by atomic mass is 32.1. The van der Waals surface area contributed by atoms with Crippen LogP contribution < -0.4 is 0 Å². The molecule has 1 N–H and O–H groups in total. The Kier molecular flexibility index (Phi) is 6.11. The Morgan fingerprint density at radius 1 is 1.40 bits per heavy atom. The second kappa shape index (κ2) is 5.97. The average molecular weight is 166 g/mol. The van der Waals surface area contributed by atoms with Crippen molar-refractivity contribution in [2.24, 2.45) is 0 Å². The highest BCUT2D eigenvalue weighted by Gasteiger charge is 2.02. The second-order valence-corrected chi connectivity index (χ2v) is 2.55. The molecule has 3 nitrogen and oxygen atoms in total. The second-order valence-electron chi connectivity index (χ2n) is 2.29. The molecule has 4 heteroatoms. The van der Waals surface area contributed by atoms with Gasteiger partial charge in [0.2, 0.25) is 0 Å². The molecule has 2 unspecified atom stereocenters. The first-order valence-electron chi connectivity index (χ1n) is 3.23. The first-order chi connectivity index (χ1) is 4.66. The lowest BCUT2D eigenvalue weighted by Gasteiger charge is -2.12. The topological polar surface area (TPSA) is 38.7 Å². The summed E-state index contributed by atoms with van der Waals surface area (Å²) in [4.78, 5) is 0. The Morgan fingerprint density at radius 3 is 2.40 bits per heavy atom. The van der Waals surface area contributed by atoms with Crippen LogP contribution >= 0.6 is 12.9 Å². The molecule has 0 aromatic carbocycles. The number of rotatable bonds is 5. The third kappa shape index (κ3) is 6.35. The summed E-state index contributed by atoms with van der Waals surface area (Å²) >= 11 is 3.56. The summed E-state index contributed by atoms with van der Waals surface area (Å²) < 4.78 is 9.64. The van der Waals surface area contributed by atoms with Gasteiger partial charge in [0.1, 0.15) is 0 Å². The van der Waals surface area contributed by atoms with Crippen LogP contribution in [0, 0.1) is 0 Å². The van der Waals surface area contributed by atoms with E-state index in [4.69, 9.17) is 9.84 Å². The molecule has 0 fully saturated rings. The van der Waals surface area contributed by atoms with E-state index >= 15 is 0 Å². The Balaban J connectivity index is 3.12. The lowest BCUT2D eigenvalue weighted by Crippen LogP contribution is -2.20. The molecule has 0 saturated carbocycles. The molecular weight excluding hydrogens is 152 g/mol. The van der Waals surface area contributed by atoms with Crippen LogP contribution in [0.5, 0.6) is 0 Å². The van der Waals surface area contributed by atoms with E-state index in [1.165, 1.54) is 0 Å². The minimum Gasteiger partial charge on any atom is -0.391 e. The largest absolute Gasteiger partial charge is 0.391 e. The fraction of sp³-hybridized carbons (Fsp3) is 1.00. The lowest BCUT2D eigenvalue weighted by molar-refractivity contribution is -0.00989. The van der Waals surface area contributed by atoms with Crippen LogP contribution in [0.3, 0.4) is 0 Å². The van der Waals surface area contributed by atoms with Crippen LogP contribution in [0.1, 0.15) is 13.8 Å². The lowest BCUT2D eigenvalue weighted by atomic mass is 10.4. The van der Waals surface area contributed by atoms with Gasteiger partial charge in [-0.05, 0) is 26.8 Å². The number of aliphatic hydroxyl groups is 1. The third-order valence-electron chi connectivity index (χ3n) is 0.931. The van der Waals surface area contributed by atoms with Crippen LogP contribution in [-0.2, 0) is 8.92 Å². The van der Waals surface area contributed by atoms with Crippen molar-refractivity contribution in [1.29, 1.82) is 0 Å². The van der Waals surface area contributed by atoms with Gasteiger partial charge < -0.3 is 14.0 Å². The van der Waals surface area contributed by atoms with Gasteiger partial charge in [0.15, 0.2) is 0 Å². The van der Waals surface area contributed by atoms with Gasteiger partial charge in [0, 0.05) is 0 Å². The standard InChI is InChI=1S/C6H14O3S/c1-5(7)3-8-6(2)4-9-10/h5-7,10H,3-4H2,1-2H3. The van der Waals surface area contributed by atoms with Gasteiger partial charge in [-0.2, -0.15) is 0 Å². The van der Waals surface area contributed by atoms with E-state index in [0.717, 1.165) is 0 Å². The maximum absolute atomic E-state index is 8.78. The fourth-order valence-corrected chi connectivity index (χ4v) is 0.667. The zero-order valence-corrected chi connectivity index (χ0v) is 7.17. The maximum atomic E-state index is 8.78. The molecule has 0 aliphatic rings. The van der Waals surface area contributed by atoms with Crippen molar-refractivity contribution in [2.45, 2.75) is 26.1 Å². The Bertz CT molecular complexity index is 77.4. The monoisotopic (exact) mass is 166 g/mol. The van der Waals surface area contributed by atoms with E-state index in [9.17, 15) is 0 Å². The normalized spacial score (nSPS) is 16.8.